The van der Waals surface area contributed by atoms with E-state index in [0.717, 1.165) is 68.7 Å². The molecule has 4 nitrogen and oxygen atoms in total. The summed E-state index contributed by atoms with van der Waals surface area (Å²) in [6.07, 6.45) is 2.68. The van der Waals surface area contributed by atoms with E-state index in [1.807, 2.05) is 12.1 Å². The molecule has 1 aromatic carbocycles. The van der Waals surface area contributed by atoms with Crippen molar-refractivity contribution in [3.8, 4) is 5.75 Å². The van der Waals surface area contributed by atoms with Crippen LogP contribution in [0.3, 0.4) is 0 Å². The number of alkyl halides is 2. The smallest absolute Gasteiger partial charge is 0.387 e. The van der Waals surface area contributed by atoms with E-state index < -0.39 is 6.61 Å². The third kappa shape index (κ3) is 6.00. The van der Waals surface area contributed by atoms with Crippen LogP contribution >= 0.6 is 0 Å². The molecule has 6 heteroatoms. The van der Waals surface area contributed by atoms with Crippen LogP contribution in [-0.4, -0.2) is 48.9 Å². The van der Waals surface area contributed by atoms with Crippen molar-refractivity contribution >= 4 is 0 Å². The van der Waals surface area contributed by atoms with Gasteiger partial charge in [0.2, 0.25) is 0 Å². The second-order valence-electron chi connectivity index (χ2n) is 6.54. The van der Waals surface area contributed by atoms with E-state index in [1.54, 1.807) is 13.8 Å². The number of aryl methyl sites for hydroxylation is 2. The van der Waals surface area contributed by atoms with Gasteiger partial charge in [-0.25, -0.2) is 0 Å². The summed E-state index contributed by atoms with van der Waals surface area (Å²) < 4.78 is 29.4. The fourth-order valence-corrected chi connectivity index (χ4v) is 3.22. The predicted octanol–water partition coefficient (Wildman–Crippen LogP) is 2.84. The van der Waals surface area contributed by atoms with Crippen LogP contribution in [0.25, 0.3) is 0 Å². The van der Waals surface area contributed by atoms with Crippen LogP contribution in [0.2, 0.25) is 0 Å². The molecule has 0 bridgehead atoms. The van der Waals surface area contributed by atoms with Crippen LogP contribution in [0.15, 0.2) is 12.1 Å². The van der Waals surface area contributed by atoms with Crippen molar-refractivity contribution in [1.29, 1.82) is 0 Å². The average molecular weight is 342 g/mol. The Hall–Kier alpha value is -1.24. The third-order valence-corrected chi connectivity index (χ3v) is 4.44. The van der Waals surface area contributed by atoms with Crippen LogP contribution in [0, 0.1) is 13.8 Å². The number of benzene rings is 1. The summed E-state index contributed by atoms with van der Waals surface area (Å²) in [4.78, 5) is 2.39. The summed E-state index contributed by atoms with van der Waals surface area (Å²) in [5.74, 6) is 0.279. The summed E-state index contributed by atoms with van der Waals surface area (Å²) in [6, 6.07) is 3.79. The molecule has 2 rings (SSSR count). The van der Waals surface area contributed by atoms with Crippen molar-refractivity contribution in [1.82, 2.24) is 10.2 Å². The van der Waals surface area contributed by atoms with Crippen LogP contribution in [0.4, 0.5) is 8.78 Å². The van der Waals surface area contributed by atoms with Gasteiger partial charge in [-0.15, -0.1) is 0 Å². The number of nitrogens with one attached hydrogen (secondary N) is 1. The van der Waals surface area contributed by atoms with Crippen molar-refractivity contribution < 1.29 is 18.6 Å². The van der Waals surface area contributed by atoms with E-state index in [0.29, 0.717) is 0 Å². The number of nitrogens with zero attached hydrogens (tertiary/aromatic N) is 1. The van der Waals surface area contributed by atoms with Gasteiger partial charge in [0.25, 0.3) is 0 Å². The number of rotatable bonds is 8. The van der Waals surface area contributed by atoms with Gasteiger partial charge in [0.15, 0.2) is 0 Å². The van der Waals surface area contributed by atoms with E-state index in [-0.39, 0.29) is 11.9 Å². The topological polar surface area (TPSA) is 44.7 Å². The molecule has 0 aromatic heterocycles. The van der Waals surface area contributed by atoms with Crippen LogP contribution in [-0.2, 0) is 6.54 Å². The fourth-order valence-electron chi connectivity index (χ4n) is 3.22. The number of aliphatic hydroxyl groups excluding tert-OH is 1. The summed E-state index contributed by atoms with van der Waals surface area (Å²) in [7, 11) is 0. The highest BCUT2D eigenvalue weighted by Crippen LogP contribution is 2.26. The quantitative estimate of drug-likeness (QED) is 0.713. The summed E-state index contributed by atoms with van der Waals surface area (Å²) in [5.41, 5.74) is 2.55. The first kappa shape index (κ1) is 19.1. The van der Waals surface area contributed by atoms with Crippen molar-refractivity contribution in [2.45, 2.75) is 52.4 Å². The van der Waals surface area contributed by atoms with E-state index in [1.165, 1.54) is 0 Å². The normalized spacial score (nSPS) is 16.8. The summed E-state index contributed by atoms with van der Waals surface area (Å²) in [6.45, 7) is 5.41. The Kier molecular flexibility index (Phi) is 7.40. The molecule has 1 fully saturated rings. The lowest BCUT2D eigenvalue weighted by Gasteiger charge is -2.29. The first-order valence-corrected chi connectivity index (χ1v) is 8.62. The number of aliphatic hydroxyl groups is 1. The Morgan fingerprint density at radius 3 is 2.46 bits per heavy atom. The molecule has 0 radical (unpaired) electrons. The van der Waals surface area contributed by atoms with Gasteiger partial charge in [0.1, 0.15) is 5.75 Å². The highest BCUT2D eigenvalue weighted by molar-refractivity contribution is 5.43. The molecule has 1 saturated heterocycles. The number of likely N-dealkylation sites (tertiary alicyclic amines) is 1. The Bertz CT molecular complexity index is 495. The van der Waals surface area contributed by atoms with E-state index in [9.17, 15) is 13.9 Å². The highest BCUT2D eigenvalue weighted by atomic mass is 19.3. The van der Waals surface area contributed by atoms with Gasteiger partial charge >= 0.3 is 6.61 Å². The summed E-state index contributed by atoms with van der Waals surface area (Å²) >= 11 is 0. The van der Waals surface area contributed by atoms with Gasteiger partial charge < -0.3 is 20.1 Å². The number of hydrogen-bond donors (Lipinski definition) is 2. The Balaban J connectivity index is 1.70. The standard InChI is InChI=1S/C18H28F2N2O2/c1-13-10-15(11-14(2)17(13)24-18(19)20)12-21-6-3-7-22-8-4-16(23)5-9-22/h10-11,16,18,21,23H,3-9,12H2,1-2H3. The predicted molar refractivity (Wildman–Crippen MR) is 90.6 cm³/mol. The molecule has 0 saturated carbocycles. The molecule has 1 aromatic rings. The maximum absolute atomic E-state index is 12.4. The van der Waals surface area contributed by atoms with Gasteiger partial charge in [-0.05, 0) is 62.9 Å². The average Bonchev–Trinajstić information content (AvgIpc) is 2.52. The van der Waals surface area contributed by atoms with E-state index >= 15 is 0 Å². The van der Waals surface area contributed by atoms with Crippen LogP contribution in [0.1, 0.15) is 36.0 Å². The van der Waals surface area contributed by atoms with Crippen LogP contribution < -0.4 is 10.1 Å². The maximum Gasteiger partial charge on any atom is 0.387 e. The second kappa shape index (κ2) is 9.30. The monoisotopic (exact) mass is 342 g/mol. The lowest BCUT2D eigenvalue weighted by Crippen LogP contribution is -2.37. The largest absolute Gasteiger partial charge is 0.434 e. The first-order valence-electron chi connectivity index (χ1n) is 8.62. The minimum atomic E-state index is -2.79. The number of piperidine rings is 1. The Morgan fingerprint density at radius 2 is 1.88 bits per heavy atom. The van der Waals surface area contributed by atoms with Gasteiger partial charge in [0, 0.05) is 19.6 Å². The van der Waals surface area contributed by atoms with Gasteiger partial charge in [0.05, 0.1) is 6.10 Å². The van der Waals surface area contributed by atoms with Crippen molar-refractivity contribution in [2.75, 3.05) is 26.2 Å². The van der Waals surface area contributed by atoms with Gasteiger partial charge in [-0.3, -0.25) is 0 Å². The molecule has 2 N–H and O–H groups in total. The van der Waals surface area contributed by atoms with Crippen LogP contribution in [0.5, 0.6) is 5.75 Å². The lowest BCUT2D eigenvalue weighted by atomic mass is 10.1. The zero-order valence-electron chi connectivity index (χ0n) is 14.5. The highest BCUT2D eigenvalue weighted by Gasteiger charge is 2.16. The molecule has 0 spiro atoms. The number of ether oxygens (including phenoxy) is 1. The van der Waals surface area contributed by atoms with Crippen molar-refractivity contribution in [3.05, 3.63) is 28.8 Å². The van der Waals surface area contributed by atoms with E-state index in [4.69, 9.17) is 0 Å². The zero-order chi connectivity index (χ0) is 17.5. The van der Waals surface area contributed by atoms with E-state index in [2.05, 4.69) is 15.0 Å². The molecule has 0 unspecified atom stereocenters. The van der Waals surface area contributed by atoms with Crippen molar-refractivity contribution in [3.63, 3.8) is 0 Å². The lowest BCUT2D eigenvalue weighted by molar-refractivity contribution is -0.0507. The SMILES string of the molecule is Cc1cc(CNCCCN2CCC(O)CC2)cc(C)c1OC(F)F. The molecule has 0 amide bonds. The molecular weight excluding hydrogens is 314 g/mol. The molecule has 0 atom stereocenters. The Morgan fingerprint density at radius 1 is 1.25 bits per heavy atom. The first-order chi connectivity index (χ1) is 11.5. The minimum Gasteiger partial charge on any atom is -0.434 e. The molecule has 1 aliphatic rings. The maximum atomic E-state index is 12.4. The molecule has 136 valence electrons. The number of hydrogen-bond acceptors (Lipinski definition) is 4. The molecule has 1 aliphatic heterocycles. The third-order valence-electron chi connectivity index (χ3n) is 4.44. The summed E-state index contributed by atoms with van der Waals surface area (Å²) in [5, 5.41) is 12.9. The molecule has 1 heterocycles. The number of halogens is 2. The molecular formula is C18H28F2N2O2. The van der Waals surface area contributed by atoms with Gasteiger partial charge in [-0.2, -0.15) is 8.78 Å². The fraction of sp³-hybridized carbons (Fsp3) is 0.667. The van der Waals surface area contributed by atoms with Crippen molar-refractivity contribution in [2.24, 2.45) is 0 Å². The molecule has 0 aliphatic carbocycles. The molecule has 24 heavy (non-hydrogen) atoms. The zero-order valence-corrected chi connectivity index (χ0v) is 14.5. The minimum absolute atomic E-state index is 0.122. The second-order valence-corrected chi connectivity index (χ2v) is 6.54. The van der Waals surface area contributed by atoms with Gasteiger partial charge in [-0.1, -0.05) is 12.1 Å². The Labute approximate surface area is 142 Å².